The number of ether oxygens (including phenoxy) is 8. The molecule has 8 unspecified atom stereocenters. The van der Waals surface area contributed by atoms with E-state index < -0.39 is 0 Å². The summed E-state index contributed by atoms with van der Waals surface area (Å²) in [6.45, 7) is 34.2. The van der Waals surface area contributed by atoms with E-state index in [0.29, 0.717) is 31.7 Å². The van der Waals surface area contributed by atoms with E-state index in [1.165, 1.54) is 24.7 Å². The van der Waals surface area contributed by atoms with E-state index in [9.17, 15) is 14.4 Å². The van der Waals surface area contributed by atoms with Crippen molar-refractivity contribution in [2.75, 3.05) is 53.9 Å². The van der Waals surface area contributed by atoms with Crippen molar-refractivity contribution in [3.05, 3.63) is 59.7 Å². The molecule has 12 nitrogen and oxygen atoms in total. The van der Waals surface area contributed by atoms with E-state index in [1.54, 1.807) is 7.11 Å². The van der Waals surface area contributed by atoms with Gasteiger partial charge in [-0.15, -0.1) is 0 Å². The molecule has 2 fully saturated rings. The standard InChI is InChI=1S/C14H22O2.C11H20O3.C11H16O.C8H14O3.C6H12O2.C5H9N/c1-5-11(3)13-7-9-14(10-8-13)16-12(4)15-6-2;1-4-9(3)10(12)14-8-11(5-2)6-13-7-11;1-4-9(2)10-5-7-11(12-3)8-6-10;1-3-6(2)8(9)11-5-7-4-10-7;1-4-5(2)6(7)8-3;1-3-5(2)4-6/h7-12H,5-6H2,1-4H3;9H,4-8H2,1-3H3;5-9H,4H2,1-3H3;6-7H,3-5H2,1-2H3;5H,4H2,1-3H3;5H,3H2,1-2H3. The largest absolute Gasteiger partial charge is 0.497 e. The number of rotatable bonds is 21. The van der Waals surface area contributed by atoms with Crippen LogP contribution < -0.4 is 9.47 Å². The first-order valence-electron chi connectivity index (χ1n) is 24.9. The fraction of sp³-hybridized carbons (Fsp3) is 0.709. The van der Waals surface area contributed by atoms with Crippen molar-refractivity contribution < 1.29 is 52.3 Å². The number of nitrogens with zero attached hydrogens (tertiary/aromatic N) is 1. The van der Waals surface area contributed by atoms with Crippen molar-refractivity contribution in [2.45, 2.75) is 173 Å². The number of esters is 3. The zero-order valence-corrected chi connectivity index (χ0v) is 44.9. The zero-order valence-electron chi connectivity index (χ0n) is 44.9. The summed E-state index contributed by atoms with van der Waals surface area (Å²) >= 11 is 0. The fourth-order valence-electron chi connectivity index (χ4n) is 5.16. The van der Waals surface area contributed by atoms with Crippen LogP contribution in [0.5, 0.6) is 11.5 Å². The first-order chi connectivity index (χ1) is 31.8. The van der Waals surface area contributed by atoms with Gasteiger partial charge in [0.15, 0.2) is 6.29 Å². The minimum Gasteiger partial charge on any atom is -0.497 e. The Labute approximate surface area is 407 Å². The second-order valence-electron chi connectivity index (χ2n) is 17.5. The number of benzene rings is 2. The van der Waals surface area contributed by atoms with Crippen LogP contribution in [0.3, 0.4) is 0 Å². The van der Waals surface area contributed by atoms with Crippen LogP contribution in [-0.2, 0) is 42.8 Å². The van der Waals surface area contributed by atoms with Gasteiger partial charge in [-0.1, -0.05) is 107 Å². The lowest BCUT2D eigenvalue weighted by molar-refractivity contribution is -0.173. The normalized spacial score (nSPS) is 16.8. The van der Waals surface area contributed by atoms with E-state index in [2.05, 4.69) is 69.7 Å². The van der Waals surface area contributed by atoms with E-state index >= 15 is 0 Å². The Bertz CT molecular complexity index is 1580. The Morgan fingerprint density at radius 2 is 1.10 bits per heavy atom. The molecule has 0 aromatic heterocycles. The number of epoxide rings is 1. The molecule has 2 aliphatic heterocycles. The molecular weight excluding hydrogens is 851 g/mol. The molecule has 2 aliphatic rings. The SMILES string of the molecule is CCC(C)C#N.CCC(C)C(=O)OC.CCC(C)C(=O)OCC1(CC)COC1.CCC(C)C(=O)OCC1CO1.CCC(C)c1ccc(OC)cc1.CCOC(C)Oc1ccc(C(C)CC)cc1. The maximum absolute atomic E-state index is 11.4. The Balaban J connectivity index is 0. The van der Waals surface area contributed by atoms with Crippen LogP contribution >= 0.6 is 0 Å². The average Bonchev–Trinajstić information content (AvgIpc) is 4.19. The second-order valence-corrected chi connectivity index (χ2v) is 17.5. The van der Waals surface area contributed by atoms with E-state index in [0.717, 1.165) is 69.8 Å². The third kappa shape index (κ3) is 30.0. The van der Waals surface area contributed by atoms with Crippen molar-refractivity contribution in [2.24, 2.45) is 29.1 Å². The van der Waals surface area contributed by atoms with Gasteiger partial charge in [0, 0.05) is 12.5 Å². The molecule has 2 heterocycles. The van der Waals surface area contributed by atoms with Crippen LogP contribution in [0.2, 0.25) is 0 Å². The maximum Gasteiger partial charge on any atom is 0.308 e. The van der Waals surface area contributed by atoms with Gasteiger partial charge in [-0.05, 0) is 113 Å². The highest BCUT2D eigenvalue weighted by molar-refractivity contribution is 5.72. The van der Waals surface area contributed by atoms with Gasteiger partial charge in [0.2, 0.25) is 0 Å². The molecule has 8 atom stereocenters. The lowest BCUT2D eigenvalue weighted by atomic mass is 9.84. The van der Waals surface area contributed by atoms with Crippen molar-refractivity contribution >= 4 is 17.9 Å². The van der Waals surface area contributed by atoms with Gasteiger partial charge < -0.3 is 37.9 Å². The Kier molecular flexibility index (Phi) is 37.5. The quantitative estimate of drug-likeness (QED) is 0.0507. The highest BCUT2D eigenvalue weighted by Gasteiger charge is 2.38. The Morgan fingerprint density at radius 3 is 1.40 bits per heavy atom. The Hall–Kier alpha value is -4.18. The van der Waals surface area contributed by atoms with Crippen LogP contribution in [0, 0.1) is 40.4 Å². The predicted molar refractivity (Wildman–Crippen MR) is 269 cm³/mol. The fourth-order valence-corrected chi connectivity index (χ4v) is 5.16. The van der Waals surface area contributed by atoms with Crippen LogP contribution in [0.4, 0.5) is 0 Å². The Morgan fingerprint density at radius 1 is 0.657 bits per heavy atom. The molecule has 2 aromatic carbocycles. The van der Waals surface area contributed by atoms with Gasteiger partial charge in [-0.25, -0.2) is 0 Å². The van der Waals surface area contributed by atoms with E-state index in [4.69, 9.17) is 38.4 Å². The topological polar surface area (TPSA) is 152 Å². The van der Waals surface area contributed by atoms with Gasteiger partial charge in [0.1, 0.15) is 30.8 Å². The first kappa shape index (κ1) is 64.9. The van der Waals surface area contributed by atoms with Crippen molar-refractivity contribution in [1.29, 1.82) is 5.26 Å². The van der Waals surface area contributed by atoms with Crippen LogP contribution in [0.1, 0.15) is 172 Å². The summed E-state index contributed by atoms with van der Waals surface area (Å²) in [5, 5.41) is 8.08. The molecule has 12 heteroatoms. The van der Waals surface area contributed by atoms with Crippen molar-refractivity contribution in [1.82, 2.24) is 0 Å². The van der Waals surface area contributed by atoms with E-state index in [1.807, 2.05) is 93.5 Å². The minimum absolute atomic E-state index is 0.0184. The second kappa shape index (κ2) is 38.8. The van der Waals surface area contributed by atoms with Crippen molar-refractivity contribution in [3.63, 3.8) is 0 Å². The third-order valence-corrected chi connectivity index (χ3v) is 12.0. The molecular formula is C55H93NO11. The molecule has 2 aromatic rings. The summed E-state index contributed by atoms with van der Waals surface area (Å²) in [6, 6.07) is 18.7. The van der Waals surface area contributed by atoms with Crippen LogP contribution in [0.25, 0.3) is 0 Å². The summed E-state index contributed by atoms with van der Waals surface area (Å²) in [7, 11) is 3.10. The summed E-state index contributed by atoms with van der Waals surface area (Å²) in [6.07, 6.45) is 6.87. The van der Waals surface area contributed by atoms with Gasteiger partial charge in [-0.3, -0.25) is 14.4 Å². The molecule has 0 aliphatic carbocycles. The smallest absolute Gasteiger partial charge is 0.308 e. The van der Waals surface area contributed by atoms with E-state index in [-0.39, 0.29) is 59.4 Å². The molecule has 67 heavy (non-hydrogen) atoms. The summed E-state index contributed by atoms with van der Waals surface area (Å²) in [5.74, 6) is 3.09. The zero-order chi connectivity index (χ0) is 51.4. The average molecular weight is 944 g/mol. The highest BCUT2D eigenvalue weighted by atomic mass is 16.7. The molecule has 0 N–H and O–H groups in total. The summed E-state index contributed by atoms with van der Waals surface area (Å²) in [4.78, 5) is 33.0. The maximum atomic E-state index is 11.4. The lowest BCUT2D eigenvalue weighted by Gasteiger charge is -2.40. The number of hydrogen-bond donors (Lipinski definition) is 0. The highest BCUT2D eigenvalue weighted by Crippen LogP contribution is 2.31. The molecule has 0 radical (unpaired) electrons. The molecule has 0 bridgehead atoms. The molecule has 384 valence electrons. The first-order valence-corrected chi connectivity index (χ1v) is 24.9. The molecule has 2 saturated heterocycles. The monoisotopic (exact) mass is 944 g/mol. The summed E-state index contributed by atoms with van der Waals surface area (Å²) < 4.78 is 40.8. The number of carbonyl (C=O) groups excluding carboxylic acids is 3. The molecule has 0 spiro atoms. The summed E-state index contributed by atoms with van der Waals surface area (Å²) in [5.41, 5.74) is 2.86. The van der Waals surface area contributed by atoms with Crippen molar-refractivity contribution in [3.8, 4) is 17.6 Å². The van der Waals surface area contributed by atoms with Gasteiger partial charge in [0.25, 0.3) is 0 Å². The predicted octanol–water partition coefficient (Wildman–Crippen LogP) is 12.9. The van der Waals surface area contributed by atoms with Gasteiger partial charge in [-0.2, -0.15) is 5.26 Å². The molecule has 0 saturated carbocycles. The number of hydrogen-bond acceptors (Lipinski definition) is 12. The van der Waals surface area contributed by atoms with Crippen LogP contribution in [-0.4, -0.2) is 84.2 Å². The van der Waals surface area contributed by atoms with Gasteiger partial charge in [0.05, 0.1) is 63.3 Å². The number of nitriles is 1. The number of methoxy groups -OCH3 is 2. The number of carbonyl (C=O) groups is 3. The minimum atomic E-state index is -0.181. The lowest BCUT2D eigenvalue weighted by Crippen LogP contribution is -2.46. The third-order valence-electron chi connectivity index (χ3n) is 12.0. The van der Waals surface area contributed by atoms with Crippen LogP contribution in [0.15, 0.2) is 48.5 Å². The van der Waals surface area contributed by atoms with Gasteiger partial charge >= 0.3 is 17.9 Å². The molecule has 4 rings (SSSR count). The molecule has 0 amide bonds.